The van der Waals surface area contributed by atoms with Crippen LogP contribution in [0.2, 0.25) is 5.04 Å². The summed E-state index contributed by atoms with van der Waals surface area (Å²) in [5, 5.41) is 11.7. The molecule has 2 amide bonds. The van der Waals surface area contributed by atoms with E-state index < -0.39 is 38.6 Å². The van der Waals surface area contributed by atoms with Crippen LogP contribution in [0.15, 0.2) is 73.3 Å². The number of hydrogen-bond acceptors (Lipinski definition) is 6. The summed E-state index contributed by atoms with van der Waals surface area (Å²) in [5.74, 6) is -1.49. The lowest BCUT2D eigenvalue weighted by Crippen LogP contribution is -2.60. The minimum atomic E-state index is -2.88. The molecule has 0 bridgehead atoms. The van der Waals surface area contributed by atoms with Crippen LogP contribution in [0, 0.1) is 5.92 Å². The summed E-state index contributed by atoms with van der Waals surface area (Å²) in [6.07, 6.45) is 0.265. The van der Waals surface area contributed by atoms with Crippen LogP contribution >= 0.6 is 0 Å². The molecule has 0 radical (unpaired) electrons. The molecule has 0 aliphatic carbocycles. The van der Waals surface area contributed by atoms with Crippen molar-refractivity contribution in [2.45, 2.75) is 50.8 Å². The lowest BCUT2D eigenvalue weighted by molar-refractivity contribution is -0.135. The van der Waals surface area contributed by atoms with Gasteiger partial charge in [0, 0.05) is 18.8 Å². The Morgan fingerprint density at radius 1 is 1.19 bits per heavy atom. The van der Waals surface area contributed by atoms with Gasteiger partial charge in [-0.3, -0.25) is 4.79 Å². The first-order valence-corrected chi connectivity index (χ1v) is 14.0. The molecule has 2 aromatic carbocycles. The highest BCUT2D eigenvalue weighted by atomic mass is 28.4. The standard InChI is InChI=1S/C28H37NO6Si/c1-6-24(26(31)29-22(20-34-27(29)32)19-21-13-9-7-10-14-21)25(30)17-18-35-36(33-5,28(2,3)4)23-15-11-8-12-16-23/h6-16,22,24-25,30H,1,17-20H2,2-5H3/t22-,24-,25+,36?/m1/s1. The van der Waals surface area contributed by atoms with Gasteiger partial charge in [-0.05, 0) is 23.6 Å². The SMILES string of the molecule is C=C[C@@H](C(=O)N1C(=O)OC[C@H]1Cc1ccccc1)[C@@H](O)CCO[Si](OC)(c1ccccc1)C(C)(C)C. The summed E-state index contributed by atoms with van der Waals surface area (Å²) >= 11 is 0. The van der Waals surface area contributed by atoms with Crippen LogP contribution in [0.5, 0.6) is 0 Å². The van der Waals surface area contributed by atoms with Gasteiger partial charge < -0.3 is 18.7 Å². The molecule has 0 saturated carbocycles. The van der Waals surface area contributed by atoms with E-state index in [-0.39, 0.29) is 24.7 Å². The fraction of sp³-hybridized carbons (Fsp3) is 0.429. The Morgan fingerprint density at radius 3 is 2.36 bits per heavy atom. The summed E-state index contributed by atoms with van der Waals surface area (Å²) in [5.41, 5.74) is 0.992. The number of ether oxygens (including phenoxy) is 1. The number of imide groups is 1. The van der Waals surface area contributed by atoms with Crippen molar-refractivity contribution in [1.29, 1.82) is 0 Å². The van der Waals surface area contributed by atoms with Gasteiger partial charge in [0.05, 0.1) is 18.1 Å². The Morgan fingerprint density at radius 2 is 1.81 bits per heavy atom. The Balaban J connectivity index is 1.70. The van der Waals surface area contributed by atoms with E-state index in [0.717, 1.165) is 15.7 Å². The molecule has 1 fully saturated rings. The maximum atomic E-state index is 13.4. The van der Waals surface area contributed by atoms with Crippen LogP contribution in [0.3, 0.4) is 0 Å². The van der Waals surface area contributed by atoms with E-state index in [0.29, 0.717) is 6.42 Å². The van der Waals surface area contributed by atoms with Gasteiger partial charge in [0.25, 0.3) is 0 Å². The molecule has 194 valence electrons. The van der Waals surface area contributed by atoms with Crippen molar-refractivity contribution >= 4 is 25.7 Å². The van der Waals surface area contributed by atoms with E-state index in [1.807, 2.05) is 60.7 Å². The van der Waals surface area contributed by atoms with Gasteiger partial charge in [0.15, 0.2) is 0 Å². The van der Waals surface area contributed by atoms with Gasteiger partial charge in [-0.1, -0.05) is 87.5 Å². The Hall–Kier alpha value is -2.78. The molecule has 1 unspecified atom stereocenters. The molecule has 4 atom stereocenters. The number of aliphatic hydroxyl groups is 1. The number of aliphatic hydroxyl groups excluding tert-OH is 1. The maximum Gasteiger partial charge on any atom is 0.417 e. The number of rotatable bonds is 11. The highest BCUT2D eigenvalue weighted by Gasteiger charge is 2.51. The number of nitrogens with zero attached hydrogens (tertiary/aromatic N) is 1. The second-order valence-corrected chi connectivity index (χ2v) is 14.0. The summed E-state index contributed by atoms with van der Waals surface area (Å²) < 4.78 is 17.7. The van der Waals surface area contributed by atoms with Crippen LogP contribution in [0.25, 0.3) is 0 Å². The average Bonchev–Trinajstić information content (AvgIpc) is 3.22. The molecule has 36 heavy (non-hydrogen) atoms. The van der Waals surface area contributed by atoms with Gasteiger partial charge in [-0.2, -0.15) is 0 Å². The zero-order chi connectivity index (χ0) is 26.3. The molecular weight excluding hydrogens is 474 g/mol. The van der Waals surface area contributed by atoms with Gasteiger partial charge in [-0.25, -0.2) is 9.69 Å². The second kappa shape index (κ2) is 12.0. The average molecular weight is 512 g/mol. The Labute approximate surface area is 214 Å². The number of carbonyl (C=O) groups is 2. The number of carbonyl (C=O) groups excluding carboxylic acids is 2. The lowest BCUT2D eigenvalue weighted by Gasteiger charge is -2.40. The molecule has 0 aromatic heterocycles. The molecule has 7 nitrogen and oxygen atoms in total. The molecule has 1 aliphatic rings. The molecular formula is C28H37NO6Si. The predicted molar refractivity (Wildman–Crippen MR) is 141 cm³/mol. The van der Waals surface area contributed by atoms with Crippen LogP contribution < -0.4 is 5.19 Å². The van der Waals surface area contributed by atoms with E-state index in [1.54, 1.807) is 7.11 Å². The third-order valence-corrected chi connectivity index (χ3v) is 10.9. The van der Waals surface area contributed by atoms with Crippen molar-refractivity contribution in [3.05, 3.63) is 78.9 Å². The van der Waals surface area contributed by atoms with Crippen molar-refractivity contribution in [2.75, 3.05) is 20.3 Å². The monoisotopic (exact) mass is 511 g/mol. The first-order valence-electron chi connectivity index (χ1n) is 12.2. The molecule has 1 heterocycles. The van der Waals surface area contributed by atoms with Crippen LogP contribution in [0.1, 0.15) is 32.8 Å². The Kier molecular flexibility index (Phi) is 9.24. The van der Waals surface area contributed by atoms with E-state index in [9.17, 15) is 14.7 Å². The van der Waals surface area contributed by atoms with E-state index >= 15 is 0 Å². The zero-order valence-corrected chi connectivity index (χ0v) is 22.6. The molecule has 1 aliphatic heterocycles. The van der Waals surface area contributed by atoms with E-state index in [4.69, 9.17) is 13.6 Å². The maximum absolute atomic E-state index is 13.4. The minimum Gasteiger partial charge on any atom is -0.447 e. The van der Waals surface area contributed by atoms with Crippen molar-refractivity contribution in [2.24, 2.45) is 5.92 Å². The zero-order valence-electron chi connectivity index (χ0n) is 21.6. The minimum absolute atomic E-state index is 0.118. The van der Waals surface area contributed by atoms with Crippen molar-refractivity contribution < 1.29 is 28.3 Å². The number of benzene rings is 2. The van der Waals surface area contributed by atoms with Gasteiger partial charge >= 0.3 is 14.7 Å². The van der Waals surface area contributed by atoms with Crippen molar-refractivity contribution in [1.82, 2.24) is 4.90 Å². The number of amides is 2. The van der Waals surface area contributed by atoms with Gasteiger partial charge in [0.1, 0.15) is 6.61 Å². The fourth-order valence-corrected chi connectivity index (χ4v) is 8.19. The van der Waals surface area contributed by atoms with Gasteiger partial charge in [-0.15, -0.1) is 6.58 Å². The number of cyclic esters (lactones) is 1. The highest BCUT2D eigenvalue weighted by Crippen LogP contribution is 2.37. The third kappa shape index (κ3) is 5.95. The van der Waals surface area contributed by atoms with E-state index in [2.05, 4.69) is 27.4 Å². The molecule has 8 heteroatoms. The quantitative estimate of drug-likeness (QED) is 0.363. The number of hydrogen-bond donors (Lipinski definition) is 1. The second-order valence-electron chi connectivity index (χ2n) is 10.0. The highest BCUT2D eigenvalue weighted by molar-refractivity contribution is 6.83. The molecule has 2 aromatic rings. The molecule has 3 rings (SSSR count). The molecule has 1 N–H and O–H groups in total. The fourth-order valence-electron chi connectivity index (χ4n) is 4.73. The topological polar surface area (TPSA) is 85.3 Å². The largest absolute Gasteiger partial charge is 0.447 e. The van der Waals surface area contributed by atoms with E-state index in [1.165, 1.54) is 6.08 Å². The third-order valence-electron chi connectivity index (χ3n) is 6.61. The summed E-state index contributed by atoms with van der Waals surface area (Å²) in [4.78, 5) is 26.9. The molecule has 0 spiro atoms. The summed E-state index contributed by atoms with van der Waals surface area (Å²) in [7, 11) is -1.23. The smallest absolute Gasteiger partial charge is 0.417 e. The normalized spacial score (nSPS) is 19.3. The summed E-state index contributed by atoms with van der Waals surface area (Å²) in [6, 6.07) is 19.0. The lowest BCUT2D eigenvalue weighted by atomic mass is 9.97. The first-order chi connectivity index (χ1) is 17.1. The van der Waals surface area contributed by atoms with Crippen molar-refractivity contribution in [3.63, 3.8) is 0 Å². The Bertz CT molecular complexity index is 1030. The van der Waals surface area contributed by atoms with Gasteiger partial charge in [0.2, 0.25) is 5.91 Å². The first kappa shape index (κ1) is 27.8. The van der Waals surface area contributed by atoms with Crippen molar-refractivity contribution in [3.8, 4) is 0 Å². The van der Waals surface area contributed by atoms with Crippen LogP contribution in [0.4, 0.5) is 4.79 Å². The molecule has 1 saturated heterocycles. The van der Waals surface area contributed by atoms with Crippen LogP contribution in [-0.2, 0) is 24.8 Å². The predicted octanol–water partition coefficient (Wildman–Crippen LogP) is 3.94. The van der Waals surface area contributed by atoms with Crippen LogP contribution in [-0.4, -0.2) is 63.0 Å². The summed E-state index contributed by atoms with van der Waals surface area (Å²) in [6.45, 7) is 10.3.